The molecule has 0 spiro atoms. The van der Waals surface area contributed by atoms with Gasteiger partial charge in [0.2, 0.25) is 0 Å². The highest BCUT2D eigenvalue weighted by Crippen LogP contribution is 2.25. The largest absolute Gasteiger partial charge is 0.489 e. The van der Waals surface area contributed by atoms with Crippen molar-refractivity contribution in [1.29, 1.82) is 0 Å². The Morgan fingerprint density at radius 3 is 2.77 bits per heavy atom. The molecule has 3 nitrogen and oxygen atoms in total. The zero-order valence-electron chi connectivity index (χ0n) is 12.4. The van der Waals surface area contributed by atoms with Crippen LogP contribution in [0, 0.1) is 0 Å². The van der Waals surface area contributed by atoms with Crippen molar-refractivity contribution in [3.05, 3.63) is 63.8 Å². The van der Waals surface area contributed by atoms with Gasteiger partial charge in [-0.1, -0.05) is 36.4 Å². The number of benzene rings is 1. The van der Waals surface area contributed by atoms with Crippen LogP contribution in [-0.4, -0.2) is 24.0 Å². The highest BCUT2D eigenvalue weighted by Gasteiger charge is 2.19. The molecule has 0 aliphatic rings. The maximum atomic E-state index is 12.8. The fourth-order valence-corrected chi connectivity index (χ4v) is 3.14. The van der Waals surface area contributed by atoms with E-state index < -0.39 is 0 Å². The number of hydrogen-bond acceptors (Lipinski definition) is 3. The Labute approximate surface area is 139 Å². The third kappa shape index (κ3) is 4.12. The van der Waals surface area contributed by atoms with E-state index >= 15 is 0 Å². The Hall–Kier alpha value is -1.78. The van der Waals surface area contributed by atoms with Gasteiger partial charge in [-0.2, -0.15) is 0 Å². The van der Waals surface area contributed by atoms with Crippen LogP contribution in [0.25, 0.3) is 0 Å². The van der Waals surface area contributed by atoms with E-state index in [1.54, 1.807) is 23.1 Å². The minimum absolute atomic E-state index is 0.0494. The summed E-state index contributed by atoms with van der Waals surface area (Å²) < 4.78 is 6.30. The van der Waals surface area contributed by atoms with Crippen molar-refractivity contribution in [3.8, 4) is 5.75 Å². The van der Waals surface area contributed by atoms with Crippen molar-refractivity contribution in [1.82, 2.24) is 4.90 Å². The van der Waals surface area contributed by atoms with Crippen LogP contribution in [-0.2, 0) is 6.54 Å². The summed E-state index contributed by atoms with van der Waals surface area (Å²) in [5.41, 5.74) is 0.564. The van der Waals surface area contributed by atoms with Gasteiger partial charge in [0.05, 0.1) is 16.4 Å². The summed E-state index contributed by atoms with van der Waals surface area (Å²) in [5, 5.41) is 0. The number of carbonyl (C=O) groups is 1. The van der Waals surface area contributed by atoms with Crippen LogP contribution >= 0.6 is 22.9 Å². The lowest BCUT2D eigenvalue weighted by Crippen LogP contribution is -2.30. The Bertz CT molecular complexity index is 654. The van der Waals surface area contributed by atoms with Gasteiger partial charge in [-0.3, -0.25) is 4.79 Å². The summed E-state index contributed by atoms with van der Waals surface area (Å²) in [6, 6.07) is 11.1. The number of rotatable bonds is 7. The molecule has 2 aromatic rings. The van der Waals surface area contributed by atoms with Gasteiger partial charge in [0.15, 0.2) is 0 Å². The van der Waals surface area contributed by atoms with Crippen LogP contribution in [0.1, 0.15) is 22.2 Å². The van der Waals surface area contributed by atoms with Crippen molar-refractivity contribution in [2.45, 2.75) is 13.5 Å². The second kappa shape index (κ2) is 8.01. The van der Waals surface area contributed by atoms with E-state index in [1.807, 2.05) is 31.2 Å². The summed E-state index contributed by atoms with van der Waals surface area (Å²) in [6.07, 6.45) is 1.66. The van der Waals surface area contributed by atoms with Crippen LogP contribution in [0.2, 0.25) is 4.34 Å². The van der Waals surface area contributed by atoms with Gasteiger partial charge in [-0.15, -0.1) is 11.3 Å². The molecule has 22 heavy (non-hydrogen) atoms. The molecule has 0 fully saturated rings. The standard InChI is InChI=1S/C17H18ClNO2S/c1-3-11-21-15-8-6-5-7-14(15)17(20)19(4-2)12-13-9-10-16(18)22-13/h3,5-10H,1,4,11-12H2,2H3. The quantitative estimate of drug-likeness (QED) is 0.690. The van der Waals surface area contributed by atoms with Crippen molar-refractivity contribution in [2.24, 2.45) is 0 Å². The summed E-state index contributed by atoms with van der Waals surface area (Å²) >= 11 is 7.44. The van der Waals surface area contributed by atoms with E-state index in [9.17, 15) is 4.79 Å². The average Bonchev–Trinajstić information content (AvgIpc) is 2.95. The zero-order valence-corrected chi connectivity index (χ0v) is 14.0. The predicted octanol–water partition coefficient (Wildman–Crippen LogP) is 4.63. The molecule has 1 aromatic heterocycles. The van der Waals surface area contributed by atoms with Crippen LogP contribution in [0.5, 0.6) is 5.75 Å². The molecule has 116 valence electrons. The smallest absolute Gasteiger partial charge is 0.257 e. The normalized spacial score (nSPS) is 10.3. The van der Waals surface area contributed by atoms with E-state index in [0.29, 0.717) is 31.0 Å². The molecule has 5 heteroatoms. The van der Waals surface area contributed by atoms with Crippen molar-refractivity contribution < 1.29 is 9.53 Å². The third-order valence-corrected chi connectivity index (χ3v) is 4.33. The number of para-hydroxylation sites is 1. The number of nitrogens with zero attached hydrogens (tertiary/aromatic N) is 1. The molecule has 2 rings (SSSR count). The topological polar surface area (TPSA) is 29.5 Å². The molecule has 0 N–H and O–H groups in total. The van der Waals surface area contributed by atoms with Gasteiger partial charge < -0.3 is 9.64 Å². The minimum Gasteiger partial charge on any atom is -0.489 e. The monoisotopic (exact) mass is 335 g/mol. The molecule has 0 saturated carbocycles. The molecule has 1 heterocycles. The minimum atomic E-state index is -0.0494. The van der Waals surface area contributed by atoms with Crippen LogP contribution in [0.4, 0.5) is 0 Å². The maximum absolute atomic E-state index is 12.8. The van der Waals surface area contributed by atoms with Gasteiger partial charge in [0.25, 0.3) is 5.91 Å². The van der Waals surface area contributed by atoms with Crippen LogP contribution in [0.15, 0.2) is 49.1 Å². The first-order valence-corrected chi connectivity index (χ1v) is 8.21. The molecule has 0 aliphatic heterocycles. The lowest BCUT2D eigenvalue weighted by atomic mass is 10.1. The van der Waals surface area contributed by atoms with Crippen LogP contribution in [0.3, 0.4) is 0 Å². The molecule has 0 bridgehead atoms. The number of amides is 1. The van der Waals surface area contributed by atoms with Crippen molar-refractivity contribution >= 4 is 28.8 Å². The van der Waals surface area contributed by atoms with Crippen molar-refractivity contribution in [3.63, 3.8) is 0 Å². The lowest BCUT2D eigenvalue weighted by Gasteiger charge is -2.21. The number of ether oxygens (including phenoxy) is 1. The second-order valence-corrected chi connectivity index (χ2v) is 6.42. The molecule has 0 saturated heterocycles. The first-order chi connectivity index (χ1) is 10.7. The Balaban J connectivity index is 2.19. The lowest BCUT2D eigenvalue weighted by molar-refractivity contribution is 0.0750. The summed E-state index contributed by atoms with van der Waals surface area (Å²) in [7, 11) is 0. The molecule has 0 unspecified atom stereocenters. The van der Waals surface area contributed by atoms with E-state index in [4.69, 9.17) is 16.3 Å². The predicted molar refractivity (Wildman–Crippen MR) is 91.9 cm³/mol. The summed E-state index contributed by atoms with van der Waals surface area (Å²) in [6.45, 7) is 7.12. The second-order valence-electron chi connectivity index (χ2n) is 4.62. The fraction of sp³-hybridized carbons (Fsp3) is 0.235. The Kier molecular flexibility index (Phi) is 6.04. The molecular weight excluding hydrogens is 318 g/mol. The van der Waals surface area contributed by atoms with Gasteiger partial charge in [-0.05, 0) is 31.2 Å². The van der Waals surface area contributed by atoms with E-state index in [2.05, 4.69) is 6.58 Å². The SMILES string of the molecule is C=CCOc1ccccc1C(=O)N(CC)Cc1ccc(Cl)s1. The van der Waals surface area contributed by atoms with Gasteiger partial charge >= 0.3 is 0 Å². The van der Waals surface area contributed by atoms with E-state index in [0.717, 1.165) is 9.21 Å². The molecular formula is C17H18ClNO2S. The van der Waals surface area contributed by atoms with Crippen LogP contribution < -0.4 is 4.74 Å². The first kappa shape index (κ1) is 16.6. The number of halogens is 1. The maximum Gasteiger partial charge on any atom is 0.257 e. The Morgan fingerprint density at radius 2 is 2.14 bits per heavy atom. The van der Waals surface area contributed by atoms with E-state index in [1.165, 1.54) is 11.3 Å². The van der Waals surface area contributed by atoms with E-state index in [-0.39, 0.29) is 5.91 Å². The number of hydrogen-bond donors (Lipinski definition) is 0. The van der Waals surface area contributed by atoms with Crippen molar-refractivity contribution in [2.75, 3.05) is 13.2 Å². The summed E-state index contributed by atoms with van der Waals surface area (Å²) in [5.74, 6) is 0.529. The fourth-order valence-electron chi connectivity index (χ4n) is 2.04. The highest BCUT2D eigenvalue weighted by atomic mass is 35.5. The Morgan fingerprint density at radius 1 is 1.36 bits per heavy atom. The third-order valence-electron chi connectivity index (χ3n) is 3.12. The van der Waals surface area contributed by atoms with Gasteiger partial charge in [0, 0.05) is 11.4 Å². The zero-order chi connectivity index (χ0) is 15.9. The average molecular weight is 336 g/mol. The number of thiophene rings is 1. The number of carbonyl (C=O) groups excluding carboxylic acids is 1. The first-order valence-electron chi connectivity index (χ1n) is 7.02. The molecule has 1 amide bonds. The van der Waals surface area contributed by atoms with Gasteiger partial charge in [0.1, 0.15) is 12.4 Å². The summed E-state index contributed by atoms with van der Waals surface area (Å²) in [4.78, 5) is 15.6. The molecule has 0 aliphatic carbocycles. The molecule has 0 radical (unpaired) electrons. The molecule has 1 aromatic carbocycles. The molecule has 0 atom stereocenters. The highest BCUT2D eigenvalue weighted by molar-refractivity contribution is 7.16. The van der Waals surface area contributed by atoms with Gasteiger partial charge in [-0.25, -0.2) is 0 Å².